The lowest BCUT2D eigenvalue weighted by atomic mass is 9.47. The number of fused-ring (bicyclic) bond motifs is 1. The Balaban J connectivity index is 1.89. The molecular formula is C20H28O2. The van der Waals surface area contributed by atoms with Gasteiger partial charge in [0.2, 0.25) is 0 Å². The summed E-state index contributed by atoms with van der Waals surface area (Å²) < 4.78 is 4.99. The van der Waals surface area contributed by atoms with Gasteiger partial charge in [-0.15, -0.1) is 0 Å². The molecule has 2 saturated carbocycles. The van der Waals surface area contributed by atoms with Gasteiger partial charge < -0.3 is 4.74 Å². The zero-order chi connectivity index (χ0) is 16.0. The van der Waals surface area contributed by atoms with Crippen LogP contribution in [-0.4, -0.2) is 12.6 Å². The van der Waals surface area contributed by atoms with Crippen molar-refractivity contribution < 1.29 is 9.53 Å². The van der Waals surface area contributed by atoms with Gasteiger partial charge in [-0.1, -0.05) is 51.5 Å². The van der Waals surface area contributed by atoms with Crippen LogP contribution in [0.2, 0.25) is 0 Å². The van der Waals surface area contributed by atoms with Crippen molar-refractivity contribution in [2.75, 3.05) is 6.61 Å². The van der Waals surface area contributed by atoms with Crippen molar-refractivity contribution in [3.63, 3.8) is 0 Å². The minimum Gasteiger partial charge on any atom is -0.458 e. The minimum atomic E-state index is -0.191. The number of hydrogen-bond acceptors (Lipinski definition) is 2. The number of carbonyl (C=O) groups is 1. The van der Waals surface area contributed by atoms with Crippen molar-refractivity contribution >= 4 is 5.97 Å². The van der Waals surface area contributed by atoms with Gasteiger partial charge in [-0.25, -0.2) is 4.79 Å². The fourth-order valence-corrected chi connectivity index (χ4v) is 5.28. The summed E-state index contributed by atoms with van der Waals surface area (Å²) in [6.07, 6.45) is 12.3. The summed E-state index contributed by atoms with van der Waals surface area (Å²) in [4.78, 5) is 11.6. The molecule has 3 rings (SSSR count). The minimum absolute atomic E-state index is 0.191. The van der Waals surface area contributed by atoms with E-state index in [0.29, 0.717) is 23.5 Å². The monoisotopic (exact) mass is 300 g/mol. The lowest BCUT2D eigenvalue weighted by Gasteiger charge is -2.57. The maximum atomic E-state index is 11.6. The topological polar surface area (TPSA) is 26.3 Å². The van der Waals surface area contributed by atoms with Crippen LogP contribution in [0.15, 0.2) is 36.0 Å². The molecule has 0 bridgehead atoms. The number of hydrogen-bond donors (Lipinski definition) is 0. The predicted octanol–water partition coefficient (Wildman–Crippen LogP) is 4.82. The third-order valence-corrected chi connectivity index (χ3v) is 6.40. The number of ether oxygens (including phenoxy) is 1. The van der Waals surface area contributed by atoms with Gasteiger partial charge in [0.1, 0.15) is 6.61 Å². The average Bonchev–Trinajstić information content (AvgIpc) is 2.82. The highest BCUT2D eigenvalue weighted by Crippen LogP contribution is 2.61. The van der Waals surface area contributed by atoms with Gasteiger partial charge in [-0.05, 0) is 48.5 Å². The van der Waals surface area contributed by atoms with Gasteiger partial charge in [0.05, 0.1) is 5.57 Å². The van der Waals surface area contributed by atoms with Crippen LogP contribution in [0.5, 0.6) is 0 Å². The molecule has 0 aromatic rings. The smallest absolute Gasteiger partial charge is 0.338 e. The first-order valence-corrected chi connectivity index (χ1v) is 8.58. The largest absolute Gasteiger partial charge is 0.458 e. The van der Waals surface area contributed by atoms with Gasteiger partial charge in [0, 0.05) is 5.92 Å². The molecule has 3 aliphatic rings. The highest BCUT2D eigenvalue weighted by atomic mass is 16.5. The van der Waals surface area contributed by atoms with Crippen LogP contribution >= 0.6 is 0 Å². The van der Waals surface area contributed by atoms with Gasteiger partial charge in [0.25, 0.3) is 0 Å². The van der Waals surface area contributed by atoms with Crippen LogP contribution < -0.4 is 0 Å². The van der Waals surface area contributed by atoms with E-state index in [1.54, 1.807) is 0 Å². The maximum Gasteiger partial charge on any atom is 0.338 e. The number of esters is 1. The van der Waals surface area contributed by atoms with E-state index in [9.17, 15) is 4.79 Å². The summed E-state index contributed by atoms with van der Waals surface area (Å²) in [5.41, 5.74) is 2.72. The number of allylic oxidation sites excluding steroid dienone is 2. The van der Waals surface area contributed by atoms with E-state index < -0.39 is 0 Å². The van der Waals surface area contributed by atoms with E-state index >= 15 is 0 Å². The van der Waals surface area contributed by atoms with Crippen LogP contribution in [0, 0.1) is 22.7 Å². The van der Waals surface area contributed by atoms with Gasteiger partial charge in [0.15, 0.2) is 0 Å². The van der Waals surface area contributed by atoms with Crippen molar-refractivity contribution in [2.24, 2.45) is 22.7 Å². The molecule has 0 amide bonds. The molecule has 2 unspecified atom stereocenters. The molecule has 2 fully saturated rings. The summed E-state index contributed by atoms with van der Waals surface area (Å²) in [7, 11) is 0. The Labute approximate surface area is 134 Å². The lowest BCUT2D eigenvalue weighted by molar-refractivity contribution is -0.135. The molecule has 1 aliphatic heterocycles. The summed E-state index contributed by atoms with van der Waals surface area (Å²) in [5, 5.41) is 0. The van der Waals surface area contributed by atoms with E-state index in [0.717, 1.165) is 12.3 Å². The van der Waals surface area contributed by atoms with Crippen LogP contribution in [0.3, 0.4) is 0 Å². The first kappa shape index (κ1) is 15.6. The molecule has 0 N–H and O–H groups in total. The summed E-state index contributed by atoms with van der Waals surface area (Å²) in [6, 6.07) is 0. The van der Waals surface area contributed by atoms with E-state index in [1.165, 1.54) is 31.3 Å². The third kappa shape index (κ3) is 2.47. The molecule has 120 valence electrons. The summed E-state index contributed by atoms with van der Waals surface area (Å²) in [5.74, 6) is 0.918. The summed E-state index contributed by atoms with van der Waals surface area (Å²) >= 11 is 0. The Kier molecular flexibility index (Phi) is 3.82. The zero-order valence-electron chi connectivity index (χ0n) is 14.2. The number of carbonyl (C=O) groups excluding carboxylic acids is 1. The highest BCUT2D eigenvalue weighted by Gasteiger charge is 2.52. The van der Waals surface area contributed by atoms with E-state index in [1.807, 2.05) is 12.2 Å². The second-order valence-electron chi connectivity index (χ2n) is 8.19. The molecule has 22 heavy (non-hydrogen) atoms. The van der Waals surface area contributed by atoms with Crippen molar-refractivity contribution in [3.8, 4) is 0 Å². The van der Waals surface area contributed by atoms with Crippen molar-refractivity contribution in [1.29, 1.82) is 0 Å². The quantitative estimate of drug-likeness (QED) is 0.539. The average molecular weight is 300 g/mol. The summed E-state index contributed by atoms with van der Waals surface area (Å²) in [6.45, 7) is 12.1. The Bertz CT molecular complexity index is 552. The molecule has 0 radical (unpaired) electrons. The molecule has 2 aliphatic carbocycles. The Morgan fingerprint density at radius 1 is 1.32 bits per heavy atom. The zero-order valence-corrected chi connectivity index (χ0v) is 14.2. The van der Waals surface area contributed by atoms with Crippen LogP contribution in [0.25, 0.3) is 0 Å². The fourth-order valence-electron chi connectivity index (χ4n) is 5.28. The van der Waals surface area contributed by atoms with Gasteiger partial charge in [-0.3, -0.25) is 0 Å². The molecule has 0 aromatic heterocycles. The fraction of sp³-hybridized carbons (Fsp3) is 0.650. The molecule has 0 aromatic carbocycles. The molecule has 0 spiro atoms. The lowest BCUT2D eigenvalue weighted by Crippen LogP contribution is -2.48. The SMILES string of the molecule is C=C1CCC2C(C)(C)CCC[C@]2(C)C1/C=C/C1=CCOC1=O. The molecule has 3 atom stereocenters. The Morgan fingerprint density at radius 2 is 2.09 bits per heavy atom. The van der Waals surface area contributed by atoms with Gasteiger partial charge >= 0.3 is 5.97 Å². The van der Waals surface area contributed by atoms with Crippen molar-refractivity contribution in [2.45, 2.75) is 52.9 Å². The first-order valence-electron chi connectivity index (χ1n) is 8.58. The van der Waals surface area contributed by atoms with E-state index in [4.69, 9.17) is 4.74 Å². The molecule has 2 heteroatoms. The highest BCUT2D eigenvalue weighted by molar-refractivity contribution is 5.93. The molecule has 2 nitrogen and oxygen atoms in total. The Morgan fingerprint density at radius 3 is 2.77 bits per heavy atom. The van der Waals surface area contributed by atoms with Crippen LogP contribution in [0.1, 0.15) is 52.9 Å². The normalized spacial score (nSPS) is 37.9. The molecule has 1 heterocycles. The second-order valence-corrected chi connectivity index (χ2v) is 8.19. The first-order chi connectivity index (χ1) is 10.3. The van der Waals surface area contributed by atoms with Crippen molar-refractivity contribution in [1.82, 2.24) is 0 Å². The standard InChI is InChI=1S/C20H28O2/c1-14-6-9-17-19(2,3)11-5-12-20(17,4)16(14)8-7-15-10-13-22-18(15)21/h7-8,10,16-17H,1,5-6,9,11-13H2,2-4H3/b8-7+/t16?,17?,20-/m1/s1. The molecule has 0 saturated heterocycles. The third-order valence-electron chi connectivity index (χ3n) is 6.40. The van der Waals surface area contributed by atoms with Crippen molar-refractivity contribution in [3.05, 3.63) is 36.0 Å². The van der Waals surface area contributed by atoms with E-state index in [2.05, 4.69) is 33.4 Å². The molecular weight excluding hydrogens is 272 g/mol. The van der Waals surface area contributed by atoms with E-state index in [-0.39, 0.29) is 11.4 Å². The second kappa shape index (κ2) is 5.40. The Hall–Kier alpha value is -1.31. The van der Waals surface area contributed by atoms with Gasteiger partial charge in [-0.2, -0.15) is 0 Å². The number of rotatable bonds is 2. The maximum absolute atomic E-state index is 11.6. The van der Waals surface area contributed by atoms with Crippen LogP contribution in [0.4, 0.5) is 0 Å². The van der Waals surface area contributed by atoms with Crippen LogP contribution in [-0.2, 0) is 9.53 Å². The number of cyclic esters (lactones) is 1. The predicted molar refractivity (Wildman–Crippen MR) is 89.3 cm³/mol.